The van der Waals surface area contributed by atoms with Crippen molar-refractivity contribution in [3.63, 3.8) is 0 Å². The second-order valence-corrected chi connectivity index (χ2v) is 10.4. The molecule has 1 amide bonds. The number of carbonyl (C=O) groups excluding carboxylic acids is 1. The molecule has 1 N–H and O–H groups in total. The molecule has 0 bridgehead atoms. The van der Waals surface area contributed by atoms with Gasteiger partial charge in [0.05, 0.1) is 25.1 Å². The smallest absolute Gasteiger partial charge is 0.241 e. The number of benzene rings is 2. The van der Waals surface area contributed by atoms with Gasteiger partial charge >= 0.3 is 0 Å². The second-order valence-electron chi connectivity index (χ2n) is 8.45. The number of rotatable bonds is 8. The van der Waals surface area contributed by atoms with E-state index in [1.165, 1.54) is 0 Å². The number of methoxy groups -OCH3 is 1. The van der Waals surface area contributed by atoms with Crippen LogP contribution in [0.2, 0.25) is 0 Å². The van der Waals surface area contributed by atoms with Crippen molar-refractivity contribution in [1.82, 2.24) is 5.32 Å². The average Bonchev–Trinajstić information content (AvgIpc) is 2.66. The first-order valence-corrected chi connectivity index (χ1v) is 12.2. The molecule has 0 aliphatic heterocycles. The van der Waals surface area contributed by atoms with Gasteiger partial charge in [-0.15, -0.1) is 0 Å². The van der Waals surface area contributed by atoms with E-state index < -0.39 is 10.0 Å². The fraction of sp³-hybridized carbons (Fsp3) is 0.458. The highest BCUT2D eigenvalue weighted by molar-refractivity contribution is 7.92. The Kier molecular flexibility index (Phi) is 7.76. The summed E-state index contributed by atoms with van der Waals surface area (Å²) in [6.07, 6.45) is 1.12. The third kappa shape index (κ3) is 6.00. The predicted molar refractivity (Wildman–Crippen MR) is 126 cm³/mol. The van der Waals surface area contributed by atoms with Gasteiger partial charge in [-0.3, -0.25) is 9.10 Å². The van der Waals surface area contributed by atoms with Gasteiger partial charge in [0.2, 0.25) is 15.9 Å². The first kappa shape index (κ1) is 24.7. The largest absolute Gasteiger partial charge is 0.496 e. The van der Waals surface area contributed by atoms with Crippen LogP contribution in [0.4, 0.5) is 5.69 Å². The van der Waals surface area contributed by atoms with Gasteiger partial charge < -0.3 is 10.1 Å². The fourth-order valence-electron chi connectivity index (χ4n) is 3.67. The zero-order chi connectivity index (χ0) is 23.5. The van der Waals surface area contributed by atoms with Crippen LogP contribution < -0.4 is 14.4 Å². The van der Waals surface area contributed by atoms with Crippen LogP contribution in [0.5, 0.6) is 5.75 Å². The number of ether oxygens (including phenoxy) is 1. The van der Waals surface area contributed by atoms with E-state index in [0.29, 0.717) is 5.69 Å². The summed E-state index contributed by atoms with van der Waals surface area (Å²) in [4.78, 5) is 12.9. The van der Waals surface area contributed by atoms with Gasteiger partial charge in [-0.1, -0.05) is 26.0 Å². The fourth-order valence-corrected chi connectivity index (χ4v) is 4.58. The van der Waals surface area contributed by atoms with Gasteiger partial charge in [-0.25, -0.2) is 8.42 Å². The van der Waals surface area contributed by atoms with Crippen molar-refractivity contribution in [2.45, 2.75) is 53.5 Å². The Labute approximate surface area is 186 Å². The highest BCUT2D eigenvalue weighted by Gasteiger charge is 2.24. The summed E-state index contributed by atoms with van der Waals surface area (Å²) in [5.41, 5.74) is 5.30. The number of nitrogens with one attached hydrogen (secondary N) is 1. The number of hydrogen-bond donors (Lipinski definition) is 1. The lowest BCUT2D eigenvalue weighted by Gasteiger charge is -2.26. The Morgan fingerprint density at radius 3 is 2.23 bits per heavy atom. The maximum Gasteiger partial charge on any atom is 0.241 e. The van der Waals surface area contributed by atoms with Gasteiger partial charge in [0.1, 0.15) is 12.3 Å². The number of nitrogens with zero attached hydrogens (tertiary/aromatic N) is 1. The van der Waals surface area contributed by atoms with Crippen molar-refractivity contribution in [2.75, 3.05) is 24.2 Å². The van der Waals surface area contributed by atoms with Crippen molar-refractivity contribution in [1.29, 1.82) is 0 Å². The molecule has 1 unspecified atom stereocenters. The molecule has 6 nitrogen and oxygen atoms in total. The van der Waals surface area contributed by atoms with Crippen molar-refractivity contribution in [3.8, 4) is 5.75 Å². The maximum absolute atomic E-state index is 12.9. The molecule has 2 aromatic carbocycles. The summed E-state index contributed by atoms with van der Waals surface area (Å²) in [5, 5.41) is 2.96. The lowest BCUT2D eigenvalue weighted by molar-refractivity contribution is -0.120. The van der Waals surface area contributed by atoms with Crippen molar-refractivity contribution >= 4 is 21.6 Å². The molecule has 0 spiro atoms. The zero-order valence-corrected chi connectivity index (χ0v) is 20.6. The number of carbonyl (C=O) groups is 1. The minimum absolute atomic E-state index is 0.266. The van der Waals surface area contributed by atoms with Crippen LogP contribution in [-0.4, -0.2) is 34.2 Å². The van der Waals surface area contributed by atoms with E-state index in [4.69, 9.17) is 4.74 Å². The molecule has 2 rings (SSSR count). The molecular formula is C24H34N2O4S. The number of sulfonamides is 1. The van der Waals surface area contributed by atoms with Crippen LogP contribution in [0.3, 0.4) is 0 Å². The molecule has 0 aromatic heterocycles. The van der Waals surface area contributed by atoms with Gasteiger partial charge in [0.25, 0.3) is 0 Å². The molecule has 1 atom stereocenters. The van der Waals surface area contributed by atoms with Crippen LogP contribution in [0.1, 0.15) is 60.5 Å². The summed E-state index contributed by atoms with van der Waals surface area (Å²) in [6.45, 7) is 11.5. The van der Waals surface area contributed by atoms with E-state index >= 15 is 0 Å². The number of anilines is 1. The van der Waals surface area contributed by atoms with Crippen LogP contribution in [0.25, 0.3) is 0 Å². The third-order valence-electron chi connectivity index (χ3n) is 5.41. The molecule has 170 valence electrons. The van der Waals surface area contributed by atoms with Crippen molar-refractivity contribution in [2.24, 2.45) is 0 Å². The molecule has 0 heterocycles. The van der Waals surface area contributed by atoms with Gasteiger partial charge in [-0.2, -0.15) is 0 Å². The minimum Gasteiger partial charge on any atom is -0.496 e. The number of hydrogen-bond acceptors (Lipinski definition) is 4. The monoisotopic (exact) mass is 446 g/mol. The standard InChI is InChI=1S/C24H34N2O4S/c1-15(2)20-13-21(18(5)12-23(20)30-7)19(6)25-24(27)14-26(31(8,28)29)22-11-16(3)9-10-17(22)4/h9-13,15,19H,14H2,1-8H3,(H,25,27). The van der Waals surface area contributed by atoms with E-state index in [2.05, 4.69) is 25.2 Å². The van der Waals surface area contributed by atoms with Crippen LogP contribution in [-0.2, 0) is 14.8 Å². The van der Waals surface area contributed by atoms with E-state index in [9.17, 15) is 13.2 Å². The van der Waals surface area contributed by atoms with E-state index in [1.54, 1.807) is 13.2 Å². The molecule has 31 heavy (non-hydrogen) atoms. The highest BCUT2D eigenvalue weighted by atomic mass is 32.2. The molecule has 0 aliphatic rings. The topological polar surface area (TPSA) is 75.7 Å². The molecule has 0 aliphatic carbocycles. The van der Waals surface area contributed by atoms with Gasteiger partial charge in [0.15, 0.2) is 0 Å². The van der Waals surface area contributed by atoms with Gasteiger partial charge in [0, 0.05) is 0 Å². The SMILES string of the molecule is COc1cc(C)c(C(C)NC(=O)CN(c2cc(C)ccc2C)S(C)(=O)=O)cc1C(C)C. The quantitative estimate of drug-likeness (QED) is 0.653. The van der Waals surface area contributed by atoms with E-state index in [0.717, 1.165) is 44.1 Å². The third-order valence-corrected chi connectivity index (χ3v) is 6.53. The highest BCUT2D eigenvalue weighted by Crippen LogP contribution is 2.32. The Morgan fingerprint density at radius 2 is 1.68 bits per heavy atom. The lowest BCUT2D eigenvalue weighted by Crippen LogP contribution is -2.41. The first-order chi connectivity index (χ1) is 14.3. The summed E-state index contributed by atoms with van der Waals surface area (Å²) < 4.78 is 31.6. The number of amides is 1. The van der Waals surface area contributed by atoms with Gasteiger partial charge in [-0.05, 0) is 79.6 Å². The Hall–Kier alpha value is -2.54. The van der Waals surface area contributed by atoms with Crippen molar-refractivity contribution in [3.05, 3.63) is 58.1 Å². The Balaban J connectivity index is 2.29. The molecule has 7 heteroatoms. The number of aryl methyl sites for hydroxylation is 3. The van der Waals surface area contributed by atoms with Crippen LogP contribution in [0.15, 0.2) is 30.3 Å². The van der Waals surface area contributed by atoms with Crippen LogP contribution in [0, 0.1) is 20.8 Å². The lowest BCUT2D eigenvalue weighted by atomic mass is 9.93. The van der Waals surface area contributed by atoms with E-state index in [-0.39, 0.29) is 24.4 Å². The van der Waals surface area contributed by atoms with E-state index in [1.807, 2.05) is 45.9 Å². The Bertz CT molecular complexity index is 1060. The maximum atomic E-state index is 12.9. The van der Waals surface area contributed by atoms with Crippen LogP contribution >= 0.6 is 0 Å². The normalized spacial score (nSPS) is 12.5. The predicted octanol–water partition coefficient (Wildman–Crippen LogP) is 4.39. The van der Waals surface area contributed by atoms with Crippen molar-refractivity contribution < 1.29 is 17.9 Å². The molecule has 0 saturated heterocycles. The molecule has 2 aromatic rings. The molecular weight excluding hydrogens is 412 g/mol. The molecule has 0 saturated carbocycles. The summed E-state index contributed by atoms with van der Waals surface area (Å²) in [7, 11) is -1.98. The summed E-state index contributed by atoms with van der Waals surface area (Å²) in [6, 6.07) is 9.32. The second kappa shape index (κ2) is 9.73. The summed E-state index contributed by atoms with van der Waals surface area (Å²) in [5.74, 6) is 0.732. The minimum atomic E-state index is -3.63. The Morgan fingerprint density at radius 1 is 1.03 bits per heavy atom. The molecule has 0 radical (unpaired) electrons. The zero-order valence-electron chi connectivity index (χ0n) is 19.7. The first-order valence-electron chi connectivity index (χ1n) is 10.4. The molecule has 0 fully saturated rings. The summed E-state index contributed by atoms with van der Waals surface area (Å²) >= 11 is 0. The average molecular weight is 447 g/mol.